The average molecular weight is 269 g/mol. The van der Waals surface area contributed by atoms with Crippen molar-refractivity contribution in [3.05, 3.63) is 28.2 Å². The van der Waals surface area contributed by atoms with Crippen LogP contribution in [0.4, 0.5) is 8.78 Å². The molecule has 0 spiro atoms. The summed E-state index contributed by atoms with van der Waals surface area (Å²) in [6.45, 7) is -0.228. The van der Waals surface area contributed by atoms with Crippen molar-refractivity contribution >= 4 is 27.7 Å². The van der Waals surface area contributed by atoms with Crippen LogP contribution in [-0.4, -0.2) is 10.9 Å². The van der Waals surface area contributed by atoms with Gasteiger partial charge >= 0.3 is 0 Å². The fraction of sp³-hybridized carbons (Fsp3) is 0.250. The molecule has 0 aliphatic rings. The summed E-state index contributed by atoms with van der Waals surface area (Å²) >= 11 is 3.64. The number of hydrogen-bond donors (Lipinski definition) is 1. The molecule has 0 saturated carbocycles. The summed E-state index contributed by atoms with van der Waals surface area (Å²) in [6.07, 6.45) is 0. The molecular weight excluding hydrogens is 262 g/mol. The SMILES string of the molecule is OCc1cc(Br)ccc1SC(F)F. The first kappa shape index (κ1) is 10.9. The normalized spacial score (nSPS) is 10.8. The first-order chi connectivity index (χ1) is 6.13. The topological polar surface area (TPSA) is 20.2 Å². The Labute approximate surface area is 87.3 Å². The van der Waals surface area contributed by atoms with Crippen molar-refractivity contribution < 1.29 is 13.9 Å². The van der Waals surface area contributed by atoms with Crippen LogP contribution in [0.15, 0.2) is 27.6 Å². The van der Waals surface area contributed by atoms with E-state index in [0.717, 1.165) is 4.47 Å². The van der Waals surface area contributed by atoms with Gasteiger partial charge in [0.1, 0.15) is 0 Å². The first-order valence-corrected chi connectivity index (χ1v) is 5.15. The zero-order chi connectivity index (χ0) is 9.84. The molecule has 1 aromatic rings. The lowest BCUT2D eigenvalue weighted by molar-refractivity contribution is 0.251. The van der Waals surface area contributed by atoms with E-state index in [2.05, 4.69) is 15.9 Å². The van der Waals surface area contributed by atoms with E-state index in [1.807, 2.05) is 0 Å². The summed E-state index contributed by atoms with van der Waals surface area (Å²) in [5, 5.41) is 8.88. The Balaban J connectivity index is 2.92. The molecule has 0 atom stereocenters. The number of benzene rings is 1. The van der Waals surface area contributed by atoms with E-state index in [4.69, 9.17) is 5.11 Å². The summed E-state index contributed by atoms with van der Waals surface area (Å²) in [5.41, 5.74) is 0.514. The van der Waals surface area contributed by atoms with Crippen LogP contribution in [0.25, 0.3) is 0 Å². The van der Waals surface area contributed by atoms with Gasteiger partial charge in [0.05, 0.1) is 6.61 Å². The van der Waals surface area contributed by atoms with Crippen molar-refractivity contribution in [1.29, 1.82) is 0 Å². The highest BCUT2D eigenvalue weighted by Gasteiger charge is 2.09. The van der Waals surface area contributed by atoms with Gasteiger partial charge < -0.3 is 5.11 Å². The summed E-state index contributed by atoms with van der Waals surface area (Å²) in [5.74, 6) is -2.45. The van der Waals surface area contributed by atoms with Gasteiger partial charge in [-0.25, -0.2) is 0 Å². The first-order valence-electron chi connectivity index (χ1n) is 3.47. The molecule has 0 aromatic heterocycles. The van der Waals surface area contributed by atoms with Gasteiger partial charge in [0, 0.05) is 9.37 Å². The van der Waals surface area contributed by atoms with Crippen LogP contribution < -0.4 is 0 Å². The van der Waals surface area contributed by atoms with Gasteiger partial charge in [-0.15, -0.1) is 0 Å². The number of aliphatic hydroxyl groups excluding tert-OH is 1. The van der Waals surface area contributed by atoms with Gasteiger partial charge in [-0.2, -0.15) is 8.78 Å². The van der Waals surface area contributed by atoms with Crippen molar-refractivity contribution in [2.45, 2.75) is 17.3 Å². The number of halogens is 3. The fourth-order valence-electron chi connectivity index (χ4n) is 0.883. The number of alkyl halides is 2. The third-order valence-electron chi connectivity index (χ3n) is 1.41. The second-order valence-electron chi connectivity index (χ2n) is 2.29. The van der Waals surface area contributed by atoms with E-state index >= 15 is 0 Å². The van der Waals surface area contributed by atoms with Crippen LogP contribution >= 0.6 is 27.7 Å². The van der Waals surface area contributed by atoms with E-state index in [1.165, 1.54) is 0 Å². The van der Waals surface area contributed by atoms with E-state index < -0.39 is 5.76 Å². The van der Waals surface area contributed by atoms with Crippen molar-refractivity contribution in [3.63, 3.8) is 0 Å². The fourth-order valence-corrected chi connectivity index (χ4v) is 1.90. The lowest BCUT2D eigenvalue weighted by Crippen LogP contribution is -1.90. The van der Waals surface area contributed by atoms with Crippen molar-refractivity contribution in [2.75, 3.05) is 0 Å². The zero-order valence-corrected chi connectivity index (χ0v) is 8.91. The maximum absolute atomic E-state index is 12.0. The van der Waals surface area contributed by atoms with E-state index in [-0.39, 0.29) is 6.61 Å². The molecule has 0 fully saturated rings. The van der Waals surface area contributed by atoms with E-state index in [1.54, 1.807) is 18.2 Å². The second-order valence-corrected chi connectivity index (χ2v) is 4.24. The minimum Gasteiger partial charge on any atom is -0.392 e. The van der Waals surface area contributed by atoms with Crippen LogP contribution in [0.3, 0.4) is 0 Å². The molecule has 0 unspecified atom stereocenters. The molecule has 5 heteroatoms. The highest BCUT2D eigenvalue weighted by Crippen LogP contribution is 2.30. The Bertz CT molecular complexity index is 293. The Morgan fingerprint density at radius 1 is 1.46 bits per heavy atom. The molecule has 0 saturated heterocycles. The summed E-state index contributed by atoms with van der Waals surface area (Å²) in [6, 6.07) is 4.86. The van der Waals surface area contributed by atoms with Crippen molar-refractivity contribution in [1.82, 2.24) is 0 Å². The van der Waals surface area contributed by atoms with Crippen molar-refractivity contribution in [2.24, 2.45) is 0 Å². The summed E-state index contributed by atoms with van der Waals surface area (Å²) in [4.78, 5) is 0.417. The molecule has 1 aromatic carbocycles. The van der Waals surface area contributed by atoms with Crippen LogP contribution in [-0.2, 0) is 6.61 Å². The maximum atomic E-state index is 12.0. The molecule has 0 bridgehead atoms. The largest absolute Gasteiger partial charge is 0.392 e. The molecular formula is C8H7BrF2OS. The minimum atomic E-state index is -2.45. The molecule has 0 heterocycles. The second kappa shape index (κ2) is 4.93. The average Bonchev–Trinajstić information content (AvgIpc) is 2.07. The molecule has 0 radical (unpaired) electrons. The van der Waals surface area contributed by atoms with Crippen LogP contribution in [0.5, 0.6) is 0 Å². The van der Waals surface area contributed by atoms with Gasteiger partial charge in [-0.3, -0.25) is 0 Å². The van der Waals surface area contributed by atoms with Gasteiger partial charge in [-0.1, -0.05) is 27.7 Å². The highest BCUT2D eigenvalue weighted by molar-refractivity contribution is 9.10. The van der Waals surface area contributed by atoms with Crippen LogP contribution in [0.1, 0.15) is 5.56 Å². The molecule has 72 valence electrons. The van der Waals surface area contributed by atoms with Crippen LogP contribution in [0, 0.1) is 0 Å². The third kappa shape index (κ3) is 3.25. The molecule has 13 heavy (non-hydrogen) atoms. The minimum absolute atomic E-state index is 0.228. The van der Waals surface area contributed by atoms with E-state index in [0.29, 0.717) is 22.2 Å². The molecule has 1 N–H and O–H groups in total. The summed E-state index contributed by atoms with van der Waals surface area (Å²) in [7, 11) is 0. The van der Waals surface area contributed by atoms with Gasteiger partial charge in [0.15, 0.2) is 0 Å². The Morgan fingerprint density at radius 3 is 2.69 bits per heavy atom. The van der Waals surface area contributed by atoms with Gasteiger partial charge in [-0.05, 0) is 23.8 Å². The number of thioether (sulfide) groups is 1. The molecule has 0 aliphatic heterocycles. The Hall–Kier alpha value is -0.130. The number of aliphatic hydroxyl groups is 1. The highest BCUT2D eigenvalue weighted by atomic mass is 79.9. The molecule has 0 aliphatic carbocycles. The standard InChI is InChI=1S/C8H7BrF2OS/c9-6-1-2-7(13-8(10)11)5(3-6)4-12/h1-3,8,12H,4H2. The predicted octanol–water partition coefficient (Wildman–Crippen LogP) is 3.26. The monoisotopic (exact) mass is 268 g/mol. The number of rotatable bonds is 3. The third-order valence-corrected chi connectivity index (χ3v) is 2.73. The molecule has 1 rings (SSSR count). The van der Waals surface area contributed by atoms with Crippen LogP contribution in [0.2, 0.25) is 0 Å². The Morgan fingerprint density at radius 2 is 2.15 bits per heavy atom. The smallest absolute Gasteiger partial charge is 0.288 e. The van der Waals surface area contributed by atoms with Gasteiger partial charge in [0.25, 0.3) is 5.76 Å². The zero-order valence-electron chi connectivity index (χ0n) is 6.51. The lowest BCUT2D eigenvalue weighted by atomic mass is 10.2. The Kier molecular flexibility index (Phi) is 4.15. The quantitative estimate of drug-likeness (QED) is 0.850. The van der Waals surface area contributed by atoms with Crippen molar-refractivity contribution in [3.8, 4) is 0 Å². The number of hydrogen-bond acceptors (Lipinski definition) is 2. The summed E-state index contributed by atoms with van der Waals surface area (Å²) < 4.78 is 24.8. The molecule has 0 amide bonds. The lowest BCUT2D eigenvalue weighted by Gasteiger charge is -2.06. The van der Waals surface area contributed by atoms with E-state index in [9.17, 15) is 8.78 Å². The maximum Gasteiger partial charge on any atom is 0.288 e. The van der Waals surface area contributed by atoms with Gasteiger partial charge in [0.2, 0.25) is 0 Å². The molecule has 1 nitrogen and oxygen atoms in total. The predicted molar refractivity (Wildman–Crippen MR) is 51.9 cm³/mol.